The van der Waals surface area contributed by atoms with E-state index in [9.17, 15) is 4.79 Å². The molecule has 1 heterocycles. The van der Waals surface area contributed by atoms with Crippen LogP contribution in [0.25, 0.3) is 0 Å². The van der Waals surface area contributed by atoms with E-state index in [0.29, 0.717) is 30.7 Å². The Hall–Kier alpha value is -1.98. The lowest BCUT2D eigenvalue weighted by atomic mass is 10.2. The number of hydrogen-bond acceptors (Lipinski definition) is 4. The number of carbonyl (C=O) groups is 1. The molecular formula is C12H19N3O3. The number of rotatable bonds is 7. The summed E-state index contributed by atoms with van der Waals surface area (Å²) in [5.41, 5.74) is 5.92. The molecule has 1 rings (SSSR count). The Bertz CT molecular complexity index is 412. The molecule has 0 atom stereocenters. The topological polar surface area (TPSA) is 101 Å². The van der Waals surface area contributed by atoms with Crippen LogP contribution in [0.2, 0.25) is 0 Å². The van der Waals surface area contributed by atoms with E-state index in [0.717, 1.165) is 12.8 Å². The molecule has 4 N–H and O–H groups in total. The van der Waals surface area contributed by atoms with Crippen LogP contribution in [0, 0.1) is 0 Å². The number of unbranched alkanes of at least 4 members (excludes halogenated alkanes) is 1. The Kier molecular flexibility index (Phi) is 5.76. The smallest absolute Gasteiger partial charge is 0.254 e. The zero-order valence-electron chi connectivity index (χ0n) is 10.5. The van der Waals surface area contributed by atoms with Gasteiger partial charge in [0.15, 0.2) is 0 Å². The Morgan fingerprint density at radius 2 is 2.33 bits per heavy atom. The van der Waals surface area contributed by atoms with Crippen LogP contribution in [0.1, 0.15) is 42.3 Å². The molecule has 0 unspecified atom stereocenters. The Morgan fingerprint density at radius 3 is 3.00 bits per heavy atom. The molecular weight excluding hydrogens is 234 g/mol. The van der Waals surface area contributed by atoms with Gasteiger partial charge in [0.1, 0.15) is 11.6 Å². The van der Waals surface area contributed by atoms with Gasteiger partial charge in [-0.05, 0) is 18.9 Å². The van der Waals surface area contributed by atoms with Crippen LogP contribution in [0.4, 0.5) is 0 Å². The quantitative estimate of drug-likeness (QED) is 0.225. The lowest BCUT2D eigenvalue weighted by Crippen LogP contribution is -2.25. The highest BCUT2D eigenvalue weighted by atomic mass is 16.4. The number of amidine groups is 1. The molecule has 6 nitrogen and oxygen atoms in total. The fourth-order valence-electron chi connectivity index (χ4n) is 1.59. The minimum absolute atomic E-state index is 0.121. The number of nitrogens with one attached hydrogen (secondary N) is 1. The first kappa shape index (κ1) is 14.1. The summed E-state index contributed by atoms with van der Waals surface area (Å²) in [6.07, 6.45) is 4.28. The monoisotopic (exact) mass is 253 g/mol. The molecule has 0 fully saturated rings. The van der Waals surface area contributed by atoms with Gasteiger partial charge in [-0.1, -0.05) is 12.1 Å². The van der Waals surface area contributed by atoms with Crippen LogP contribution in [-0.4, -0.2) is 23.5 Å². The minimum atomic E-state index is -0.121. The van der Waals surface area contributed by atoms with Crippen LogP contribution < -0.4 is 11.1 Å². The summed E-state index contributed by atoms with van der Waals surface area (Å²) >= 11 is 0. The number of hydrogen-bond donors (Lipinski definition) is 3. The second-order valence-corrected chi connectivity index (χ2v) is 3.92. The maximum Gasteiger partial charge on any atom is 0.254 e. The predicted octanol–water partition coefficient (Wildman–Crippen LogP) is 1.49. The first-order chi connectivity index (χ1) is 8.69. The summed E-state index contributed by atoms with van der Waals surface area (Å²) in [5, 5.41) is 14.0. The van der Waals surface area contributed by atoms with Gasteiger partial charge in [0.25, 0.3) is 5.91 Å². The van der Waals surface area contributed by atoms with E-state index in [1.165, 1.54) is 6.26 Å². The third kappa shape index (κ3) is 4.12. The number of nitrogens with zero attached hydrogens (tertiary/aromatic N) is 1. The van der Waals surface area contributed by atoms with Crippen molar-refractivity contribution in [3.8, 4) is 0 Å². The fourth-order valence-corrected chi connectivity index (χ4v) is 1.59. The van der Waals surface area contributed by atoms with E-state index in [-0.39, 0.29) is 11.7 Å². The van der Waals surface area contributed by atoms with Gasteiger partial charge in [0.05, 0.1) is 11.8 Å². The van der Waals surface area contributed by atoms with Gasteiger partial charge >= 0.3 is 0 Å². The summed E-state index contributed by atoms with van der Waals surface area (Å²) in [7, 11) is 0. The third-order valence-corrected chi connectivity index (χ3v) is 2.58. The second kappa shape index (κ2) is 7.37. The van der Waals surface area contributed by atoms with Crippen molar-refractivity contribution in [2.45, 2.75) is 32.6 Å². The molecule has 6 heteroatoms. The molecule has 0 aliphatic rings. The third-order valence-electron chi connectivity index (χ3n) is 2.58. The molecule has 0 saturated carbocycles. The molecule has 0 aliphatic carbocycles. The summed E-state index contributed by atoms with van der Waals surface area (Å²) in [6, 6.07) is 1.67. The van der Waals surface area contributed by atoms with Gasteiger partial charge in [-0.2, -0.15) is 0 Å². The molecule has 0 saturated heterocycles. The zero-order chi connectivity index (χ0) is 13.4. The average molecular weight is 253 g/mol. The van der Waals surface area contributed by atoms with E-state index in [1.807, 2.05) is 6.92 Å². The molecule has 100 valence electrons. The number of furan rings is 1. The first-order valence-electron chi connectivity index (χ1n) is 6.00. The number of nitrogens with two attached hydrogens (primary N) is 1. The average Bonchev–Trinajstić information content (AvgIpc) is 2.86. The van der Waals surface area contributed by atoms with E-state index in [2.05, 4.69) is 10.5 Å². The van der Waals surface area contributed by atoms with Gasteiger partial charge < -0.3 is 20.7 Å². The van der Waals surface area contributed by atoms with Crippen LogP contribution in [0.5, 0.6) is 0 Å². The fraction of sp³-hybridized carbons (Fsp3) is 0.500. The van der Waals surface area contributed by atoms with E-state index in [1.54, 1.807) is 6.07 Å². The van der Waals surface area contributed by atoms with Gasteiger partial charge in [0.2, 0.25) is 0 Å². The number of oxime groups is 1. The van der Waals surface area contributed by atoms with Crippen molar-refractivity contribution in [1.82, 2.24) is 5.32 Å². The van der Waals surface area contributed by atoms with Crippen LogP contribution in [0.3, 0.4) is 0 Å². The Labute approximate surface area is 106 Å². The summed E-state index contributed by atoms with van der Waals surface area (Å²) in [4.78, 5) is 11.8. The van der Waals surface area contributed by atoms with Crippen LogP contribution in [0.15, 0.2) is 21.9 Å². The van der Waals surface area contributed by atoms with Crippen molar-refractivity contribution in [2.75, 3.05) is 6.54 Å². The number of aryl methyl sites for hydroxylation is 1. The summed E-state index contributed by atoms with van der Waals surface area (Å²) in [5.74, 6) is 0.790. The van der Waals surface area contributed by atoms with Crippen molar-refractivity contribution in [1.29, 1.82) is 0 Å². The molecule has 18 heavy (non-hydrogen) atoms. The molecule has 0 bridgehead atoms. The second-order valence-electron chi connectivity index (χ2n) is 3.92. The lowest BCUT2D eigenvalue weighted by molar-refractivity contribution is 0.0951. The van der Waals surface area contributed by atoms with Gasteiger partial charge in [-0.3, -0.25) is 4.79 Å². The van der Waals surface area contributed by atoms with Crippen LogP contribution in [-0.2, 0) is 6.42 Å². The van der Waals surface area contributed by atoms with Crippen molar-refractivity contribution >= 4 is 11.7 Å². The molecule has 0 spiro atoms. The van der Waals surface area contributed by atoms with Gasteiger partial charge in [-0.15, -0.1) is 0 Å². The summed E-state index contributed by atoms with van der Waals surface area (Å²) < 4.78 is 5.19. The Morgan fingerprint density at radius 1 is 1.56 bits per heavy atom. The molecule has 1 aromatic heterocycles. The predicted molar refractivity (Wildman–Crippen MR) is 67.7 cm³/mol. The Balaban J connectivity index is 2.26. The molecule has 1 aromatic rings. The maximum atomic E-state index is 11.8. The summed E-state index contributed by atoms with van der Waals surface area (Å²) in [6.45, 7) is 2.50. The van der Waals surface area contributed by atoms with Crippen molar-refractivity contribution < 1.29 is 14.4 Å². The highest BCUT2D eigenvalue weighted by molar-refractivity contribution is 5.95. The normalized spacial score (nSPS) is 11.5. The highest BCUT2D eigenvalue weighted by Crippen LogP contribution is 2.10. The minimum Gasteiger partial charge on any atom is -0.469 e. The zero-order valence-corrected chi connectivity index (χ0v) is 10.5. The molecule has 1 amide bonds. The number of carbonyl (C=O) groups excluding carboxylic acids is 1. The van der Waals surface area contributed by atoms with E-state index < -0.39 is 0 Å². The molecule has 0 radical (unpaired) electrons. The van der Waals surface area contributed by atoms with Crippen LogP contribution >= 0.6 is 0 Å². The lowest BCUT2D eigenvalue weighted by Gasteiger charge is -2.04. The molecule has 0 aliphatic heterocycles. The van der Waals surface area contributed by atoms with E-state index in [4.69, 9.17) is 15.4 Å². The maximum absolute atomic E-state index is 11.8. The van der Waals surface area contributed by atoms with Crippen molar-refractivity contribution in [3.63, 3.8) is 0 Å². The largest absolute Gasteiger partial charge is 0.469 e. The van der Waals surface area contributed by atoms with Gasteiger partial charge in [-0.25, -0.2) is 0 Å². The van der Waals surface area contributed by atoms with E-state index >= 15 is 0 Å². The first-order valence-corrected chi connectivity index (χ1v) is 6.00. The van der Waals surface area contributed by atoms with Crippen molar-refractivity contribution in [3.05, 3.63) is 23.7 Å². The van der Waals surface area contributed by atoms with Gasteiger partial charge in [0, 0.05) is 19.4 Å². The standard InChI is InChI=1S/C12H19N3O3/c1-2-10-9(6-8-18-10)12(16)14-7-4-3-5-11(13)15-17/h6,8,17H,2-5,7H2,1H3,(H2,13,15)(H,14,16). The number of amides is 1. The molecule has 0 aromatic carbocycles. The highest BCUT2D eigenvalue weighted by Gasteiger charge is 2.12. The SMILES string of the molecule is CCc1occc1C(=O)NCCCC/C(N)=N/O. The van der Waals surface area contributed by atoms with Crippen molar-refractivity contribution in [2.24, 2.45) is 10.9 Å².